The Morgan fingerprint density at radius 3 is 2.33 bits per heavy atom. The Balaban J connectivity index is 1.62. The second-order valence-corrected chi connectivity index (χ2v) is 8.96. The summed E-state index contributed by atoms with van der Waals surface area (Å²) in [5, 5.41) is 3.39. The van der Waals surface area contributed by atoms with Gasteiger partial charge in [-0.05, 0) is 60.7 Å². The lowest BCUT2D eigenvalue weighted by molar-refractivity contribution is -0.117. The van der Waals surface area contributed by atoms with E-state index in [9.17, 15) is 9.59 Å². The summed E-state index contributed by atoms with van der Waals surface area (Å²) in [6.45, 7) is 0.301. The highest BCUT2D eigenvalue weighted by Gasteiger charge is 2.21. The summed E-state index contributed by atoms with van der Waals surface area (Å²) in [5.41, 5.74) is 2.63. The molecule has 0 fully saturated rings. The summed E-state index contributed by atoms with van der Waals surface area (Å²) in [6, 6.07) is 21.4. The quantitative estimate of drug-likeness (QED) is 0.285. The van der Waals surface area contributed by atoms with Crippen molar-refractivity contribution >= 4 is 29.4 Å². The third-order valence-corrected chi connectivity index (χ3v) is 6.20. The molecule has 3 aromatic carbocycles. The summed E-state index contributed by atoms with van der Waals surface area (Å²) in [6.07, 6.45) is 1.83. The van der Waals surface area contributed by atoms with Crippen molar-refractivity contribution in [2.45, 2.75) is 0 Å². The van der Waals surface area contributed by atoms with E-state index in [1.165, 1.54) is 12.0 Å². The largest absolute Gasteiger partial charge is 0.497 e. The maximum Gasteiger partial charge on any atom is 0.254 e. The SMILES string of the molecule is COCCN(CC(=O)Nc1nc(-c2cccc(OC)c2)cn1-c1ccc(OC)cc1)C(=O)c1ccc(Cl)cc1. The number of ether oxygens (including phenoxy) is 3. The minimum atomic E-state index is -0.411. The molecule has 9 nitrogen and oxygen atoms in total. The maximum atomic E-state index is 13.2. The number of methoxy groups -OCH3 is 3. The molecular weight excluding hydrogens is 520 g/mol. The van der Waals surface area contributed by atoms with Crippen LogP contribution in [0.4, 0.5) is 5.95 Å². The molecule has 0 bridgehead atoms. The number of amides is 2. The molecular formula is C29H29ClN4O5. The van der Waals surface area contributed by atoms with Crippen LogP contribution in [0.25, 0.3) is 16.9 Å². The molecule has 2 amide bonds. The predicted molar refractivity (Wildman–Crippen MR) is 150 cm³/mol. The van der Waals surface area contributed by atoms with Gasteiger partial charge in [-0.3, -0.25) is 19.5 Å². The van der Waals surface area contributed by atoms with Gasteiger partial charge in [0.2, 0.25) is 11.9 Å². The topological polar surface area (TPSA) is 94.9 Å². The standard InChI is InChI=1S/C29H29ClN4O5/c1-37-16-15-33(28(36)20-7-9-22(30)10-8-20)19-27(35)32-29-31-26(21-5-4-6-25(17-21)39-3)18-34(29)23-11-13-24(38-2)14-12-23/h4-14,17-18H,15-16,19H2,1-3H3,(H,31,32,35). The Labute approximate surface area is 231 Å². The molecule has 0 saturated carbocycles. The smallest absolute Gasteiger partial charge is 0.254 e. The van der Waals surface area contributed by atoms with E-state index >= 15 is 0 Å². The first kappa shape index (κ1) is 27.7. The van der Waals surface area contributed by atoms with Gasteiger partial charge in [0.25, 0.3) is 5.91 Å². The molecule has 4 rings (SSSR count). The van der Waals surface area contributed by atoms with Crippen LogP contribution < -0.4 is 14.8 Å². The first-order chi connectivity index (χ1) is 18.9. The Kier molecular flexibility index (Phi) is 9.19. The zero-order valence-corrected chi connectivity index (χ0v) is 22.6. The van der Waals surface area contributed by atoms with Gasteiger partial charge in [0, 0.05) is 41.7 Å². The summed E-state index contributed by atoms with van der Waals surface area (Å²) < 4.78 is 17.6. The van der Waals surface area contributed by atoms with E-state index in [-0.39, 0.29) is 25.6 Å². The van der Waals surface area contributed by atoms with Gasteiger partial charge in [-0.15, -0.1) is 0 Å². The van der Waals surface area contributed by atoms with Gasteiger partial charge in [-0.2, -0.15) is 0 Å². The first-order valence-corrected chi connectivity index (χ1v) is 12.5. The van der Waals surface area contributed by atoms with Crippen LogP contribution in [0.5, 0.6) is 11.5 Å². The Morgan fingerprint density at radius 1 is 0.949 bits per heavy atom. The van der Waals surface area contributed by atoms with Crippen molar-refractivity contribution in [2.24, 2.45) is 0 Å². The second kappa shape index (κ2) is 12.9. The number of rotatable bonds is 11. The normalized spacial score (nSPS) is 10.7. The molecule has 0 radical (unpaired) electrons. The Hall–Kier alpha value is -4.34. The highest BCUT2D eigenvalue weighted by atomic mass is 35.5. The van der Waals surface area contributed by atoms with Crippen LogP contribution in [0, 0.1) is 0 Å². The predicted octanol–water partition coefficient (Wildman–Crippen LogP) is 4.94. The second-order valence-electron chi connectivity index (χ2n) is 8.52. The molecule has 0 spiro atoms. The van der Waals surface area contributed by atoms with E-state index in [0.29, 0.717) is 33.7 Å². The summed E-state index contributed by atoms with van der Waals surface area (Å²) in [7, 11) is 4.73. The van der Waals surface area contributed by atoms with Crippen molar-refractivity contribution in [3.63, 3.8) is 0 Å². The first-order valence-electron chi connectivity index (χ1n) is 12.1. The highest BCUT2D eigenvalue weighted by Crippen LogP contribution is 2.27. The number of hydrogen-bond acceptors (Lipinski definition) is 6. The van der Waals surface area contributed by atoms with E-state index in [0.717, 1.165) is 11.3 Å². The molecule has 202 valence electrons. The zero-order valence-electron chi connectivity index (χ0n) is 21.9. The number of aromatic nitrogens is 2. The molecule has 0 unspecified atom stereocenters. The fourth-order valence-electron chi connectivity index (χ4n) is 3.90. The van der Waals surface area contributed by atoms with E-state index in [2.05, 4.69) is 5.32 Å². The van der Waals surface area contributed by atoms with Crippen LogP contribution in [-0.4, -0.2) is 67.3 Å². The molecule has 1 N–H and O–H groups in total. The third kappa shape index (κ3) is 6.95. The maximum absolute atomic E-state index is 13.2. The number of carbonyl (C=O) groups excluding carboxylic acids is 2. The monoisotopic (exact) mass is 548 g/mol. The van der Waals surface area contributed by atoms with Crippen LogP contribution in [0.3, 0.4) is 0 Å². The van der Waals surface area contributed by atoms with Gasteiger partial charge in [-0.1, -0.05) is 23.7 Å². The molecule has 0 aliphatic rings. The molecule has 1 aromatic heterocycles. The molecule has 0 aliphatic heterocycles. The van der Waals surface area contributed by atoms with Crippen LogP contribution >= 0.6 is 11.6 Å². The van der Waals surface area contributed by atoms with Gasteiger partial charge < -0.3 is 19.1 Å². The van der Waals surface area contributed by atoms with Crippen molar-refractivity contribution in [1.82, 2.24) is 14.5 Å². The molecule has 1 heterocycles. The highest BCUT2D eigenvalue weighted by molar-refractivity contribution is 6.30. The number of benzene rings is 3. The number of nitrogens with one attached hydrogen (secondary N) is 1. The molecule has 0 atom stereocenters. The third-order valence-electron chi connectivity index (χ3n) is 5.95. The molecule has 0 saturated heterocycles. The average molecular weight is 549 g/mol. The number of anilines is 1. The molecule has 10 heteroatoms. The van der Waals surface area contributed by atoms with Crippen LogP contribution in [0.1, 0.15) is 10.4 Å². The number of halogens is 1. The number of hydrogen-bond donors (Lipinski definition) is 1. The number of carbonyl (C=O) groups is 2. The van der Waals surface area contributed by atoms with Gasteiger partial charge in [0.05, 0.1) is 26.5 Å². The lowest BCUT2D eigenvalue weighted by Gasteiger charge is -2.22. The van der Waals surface area contributed by atoms with Gasteiger partial charge >= 0.3 is 0 Å². The lowest BCUT2D eigenvalue weighted by Crippen LogP contribution is -2.40. The van der Waals surface area contributed by atoms with E-state index in [1.807, 2.05) is 54.7 Å². The van der Waals surface area contributed by atoms with Gasteiger partial charge in [0.15, 0.2) is 0 Å². The van der Waals surface area contributed by atoms with Crippen molar-refractivity contribution in [3.05, 3.63) is 89.6 Å². The average Bonchev–Trinajstić information content (AvgIpc) is 3.38. The lowest BCUT2D eigenvalue weighted by atomic mass is 10.1. The molecule has 4 aromatic rings. The van der Waals surface area contributed by atoms with Crippen LogP contribution in [0.15, 0.2) is 79.0 Å². The minimum absolute atomic E-state index is 0.200. The van der Waals surface area contributed by atoms with Gasteiger partial charge in [0.1, 0.15) is 18.0 Å². The fraction of sp³-hybridized carbons (Fsp3) is 0.207. The number of imidazole rings is 1. The minimum Gasteiger partial charge on any atom is -0.497 e. The Morgan fingerprint density at radius 2 is 1.67 bits per heavy atom. The van der Waals surface area contributed by atoms with E-state index < -0.39 is 5.91 Å². The summed E-state index contributed by atoms with van der Waals surface area (Å²) in [5.74, 6) is 0.965. The fourth-order valence-corrected chi connectivity index (χ4v) is 4.02. The molecule has 0 aliphatic carbocycles. The van der Waals surface area contributed by atoms with Gasteiger partial charge in [-0.25, -0.2) is 4.98 Å². The van der Waals surface area contributed by atoms with Crippen LogP contribution in [0.2, 0.25) is 5.02 Å². The summed E-state index contributed by atoms with van der Waals surface area (Å²) >= 11 is 5.97. The zero-order chi connectivity index (χ0) is 27.8. The molecule has 39 heavy (non-hydrogen) atoms. The van der Waals surface area contributed by atoms with Crippen molar-refractivity contribution in [1.29, 1.82) is 0 Å². The van der Waals surface area contributed by atoms with E-state index in [1.54, 1.807) is 43.1 Å². The van der Waals surface area contributed by atoms with Crippen molar-refractivity contribution in [2.75, 3.05) is 46.3 Å². The Bertz CT molecular complexity index is 1420. The number of nitrogens with zero attached hydrogens (tertiary/aromatic N) is 3. The van der Waals surface area contributed by atoms with Crippen molar-refractivity contribution in [3.8, 4) is 28.4 Å². The van der Waals surface area contributed by atoms with Crippen LogP contribution in [-0.2, 0) is 9.53 Å². The summed E-state index contributed by atoms with van der Waals surface area (Å²) in [4.78, 5) is 32.5. The van der Waals surface area contributed by atoms with E-state index in [4.69, 9.17) is 30.8 Å². The van der Waals surface area contributed by atoms with Crippen molar-refractivity contribution < 1.29 is 23.8 Å².